The number of thiazole rings is 1. The van der Waals surface area contributed by atoms with Crippen molar-refractivity contribution in [1.82, 2.24) is 4.98 Å². The molecule has 5 heteroatoms. The fourth-order valence-electron chi connectivity index (χ4n) is 1.37. The van der Waals surface area contributed by atoms with Crippen LogP contribution in [0.5, 0.6) is 0 Å². The minimum absolute atomic E-state index is 0.0435. The van der Waals surface area contributed by atoms with Crippen LogP contribution in [0.2, 0.25) is 0 Å². The van der Waals surface area contributed by atoms with Crippen LogP contribution in [0.4, 0.5) is 5.69 Å². The minimum atomic E-state index is 0.0435. The molecule has 2 rings (SSSR count). The van der Waals surface area contributed by atoms with Gasteiger partial charge in [-0.25, -0.2) is 4.98 Å². The summed E-state index contributed by atoms with van der Waals surface area (Å²) in [6, 6.07) is 9.51. The van der Waals surface area contributed by atoms with Gasteiger partial charge in [0, 0.05) is 28.9 Å². The first-order chi connectivity index (χ1) is 8.74. The number of carbonyl (C=O) groups is 1. The van der Waals surface area contributed by atoms with Gasteiger partial charge in [-0.15, -0.1) is 11.3 Å². The van der Waals surface area contributed by atoms with Crippen molar-refractivity contribution < 1.29 is 4.79 Å². The molecule has 0 saturated heterocycles. The molecule has 0 fully saturated rings. The molecule has 2 aromatic rings. The van der Waals surface area contributed by atoms with E-state index in [9.17, 15) is 4.79 Å². The molecule has 3 nitrogen and oxygen atoms in total. The van der Waals surface area contributed by atoms with Gasteiger partial charge in [0.25, 0.3) is 0 Å². The van der Waals surface area contributed by atoms with E-state index in [1.165, 1.54) is 0 Å². The van der Waals surface area contributed by atoms with E-state index in [1.807, 2.05) is 42.6 Å². The second-order valence-corrected chi connectivity index (χ2v) is 5.97. The van der Waals surface area contributed by atoms with E-state index in [4.69, 9.17) is 0 Å². The summed E-state index contributed by atoms with van der Waals surface area (Å²) < 4.78 is 1.03. The van der Waals surface area contributed by atoms with Gasteiger partial charge in [-0.3, -0.25) is 4.79 Å². The Morgan fingerprint density at radius 3 is 2.83 bits per heavy atom. The fourth-order valence-corrected chi connectivity index (χ4v) is 3.23. The lowest BCUT2D eigenvalue weighted by atomic mass is 10.3. The van der Waals surface area contributed by atoms with Crippen molar-refractivity contribution in [2.45, 2.75) is 17.7 Å². The summed E-state index contributed by atoms with van der Waals surface area (Å²) in [4.78, 5) is 16.0. The van der Waals surface area contributed by atoms with Gasteiger partial charge in [0.15, 0.2) is 0 Å². The lowest BCUT2D eigenvalue weighted by molar-refractivity contribution is -0.115. The highest BCUT2D eigenvalue weighted by molar-refractivity contribution is 8.01. The maximum Gasteiger partial charge on any atom is 0.225 e. The first-order valence-corrected chi connectivity index (χ1v) is 7.50. The van der Waals surface area contributed by atoms with Crippen LogP contribution < -0.4 is 5.32 Å². The number of nitrogens with one attached hydrogen (secondary N) is 1. The number of rotatable bonds is 5. The van der Waals surface area contributed by atoms with Crippen molar-refractivity contribution in [3.05, 3.63) is 41.4 Å². The average Bonchev–Trinajstić information content (AvgIpc) is 2.76. The second kappa shape index (κ2) is 6.56. The van der Waals surface area contributed by atoms with Crippen molar-refractivity contribution in [1.29, 1.82) is 0 Å². The highest BCUT2D eigenvalue weighted by Gasteiger charge is 2.04. The van der Waals surface area contributed by atoms with E-state index in [-0.39, 0.29) is 5.91 Å². The maximum absolute atomic E-state index is 11.7. The van der Waals surface area contributed by atoms with Gasteiger partial charge in [-0.05, 0) is 19.1 Å². The van der Waals surface area contributed by atoms with Gasteiger partial charge in [0.2, 0.25) is 5.91 Å². The number of aromatic nitrogens is 1. The zero-order valence-electron chi connectivity index (χ0n) is 10.1. The van der Waals surface area contributed by atoms with E-state index < -0.39 is 0 Å². The number of hydrogen-bond acceptors (Lipinski definition) is 4. The number of carbonyl (C=O) groups excluding carboxylic acids is 1. The molecule has 0 aliphatic rings. The Bertz CT molecular complexity index is 511. The van der Waals surface area contributed by atoms with Crippen LogP contribution in [-0.2, 0) is 4.79 Å². The van der Waals surface area contributed by atoms with Crippen LogP contribution in [0.25, 0.3) is 0 Å². The summed E-state index contributed by atoms with van der Waals surface area (Å²) in [5, 5.41) is 4.88. The smallest absolute Gasteiger partial charge is 0.225 e. The van der Waals surface area contributed by atoms with Crippen LogP contribution in [0.1, 0.15) is 12.1 Å². The summed E-state index contributed by atoms with van der Waals surface area (Å²) in [6.45, 7) is 1.97. The number of amides is 1. The van der Waals surface area contributed by atoms with Crippen molar-refractivity contribution in [2.75, 3.05) is 11.1 Å². The lowest BCUT2D eigenvalue weighted by Crippen LogP contribution is -2.11. The Balaban J connectivity index is 1.72. The highest BCUT2D eigenvalue weighted by atomic mass is 32.2. The fraction of sp³-hybridized carbons (Fsp3) is 0.231. The van der Waals surface area contributed by atoms with E-state index in [0.29, 0.717) is 6.42 Å². The zero-order valence-corrected chi connectivity index (χ0v) is 11.7. The largest absolute Gasteiger partial charge is 0.326 e. The lowest BCUT2D eigenvalue weighted by Gasteiger charge is -2.03. The van der Waals surface area contributed by atoms with Gasteiger partial charge in [-0.2, -0.15) is 0 Å². The number of aryl methyl sites for hydroxylation is 1. The summed E-state index contributed by atoms with van der Waals surface area (Å²) in [5.74, 6) is 0.799. The maximum atomic E-state index is 11.7. The monoisotopic (exact) mass is 278 g/mol. The van der Waals surface area contributed by atoms with Gasteiger partial charge in [-0.1, -0.05) is 30.0 Å². The number of para-hydroxylation sites is 1. The third-order valence-electron chi connectivity index (χ3n) is 2.21. The molecule has 1 amide bonds. The number of hydrogen-bond donors (Lipinski definition) is 1. The second-order valence-electron chi connectivity index (χ2n) is 3.77. The average molecular weight is 278 g/mol. The quantitative estimate of drug-likeness (QED) is 0.850. The standard InChI is InChI=1S/C13H14N2OS2/c1-10-9-18-13(14-10)17-8-7-12(16)15-11-5-3-2-4-6-11/h2-6,9H,7-8H2,1H3,(H,15,16). The molecule has 0 aliphatic heterocycles. The molecule has 1 heterocycles. The first-order valence-electron chi connectivity index (χ1n) is 5.64. The number of thioether (sulfide) groups is 1. The summed E-state index contributed by atoms with van der Waals surface area (Å²) >= 11 is 3.25. The third kappa shape index (κ3) is 4.16. The molecule has 1 aromatic heterocycles. The zero-order chi connectivity index (χ0) is 12.8. The van der Waals surface area contributed by atoms with Crippen LogP contribution >= 0.6 is 23.1 Å². The molecule has 1 N–H and O–H groups in total. The van der Waals surface area contributed by atoms with Gasteiger partial charge < -0.3 is 5.32 Å². The molecule has 1 aromatic carbocycles. The van der Waals surface area contributed by atoms with Crippen LogP contribution in [0, 0.1) is 6.92 Å². The normalized spacial score (nSPS) is 10.3. The molecule has 0 aliphatic carbocycles. The van der Waals surface area contributed by atoms with Gasteiger partial charge in [0.1, 0.15) is 4.34 Å². The Morgan fingerprint density at radius 1 is 1.39 bits per heavy atom. The molecule has 0 unspecified atom stereocenters. The van der Waals surface area contributed by atoms with Crippen molar-refractivity contribution in [2.24, 2.45) is 0 Å². The molecular formula is C13H14N2OS2. The molecule has 0 saturated carbocycles. The Labute approximate surface area is 115 Å². The van der Waals surface area contributed by atoms with E-state index >= 15 is 0 Å². The van der Waals surface area contributed by atoms with E-state index in [1.54, 1.807) is 23.1 Å². The van der Waals surface area contributed by atoms with E-state index in [0.717, 1.165) is 21.5 Å². The van der Waals surface area contributed by atoms with Gasteiger partial charge >= 0.3 is 0 Å². The number of benzene rings is 1. The van der Waals surface area contributed by atoms with Crippen LogP contribution in [0.15, 0.2) is 40.1 Å². The topological polar surface area (TPSA) is 42.0 Å². The van der Waals surface area contributed by atoms with Crippen molar-refractivity contribution in [3.63, 3.8) is 0 Å². The van der Waals surface area contributed by atoms with Crippen LogP contribution in [0.3, 0.4) is 0 Å². The highest BCUT2D eigenvalue weighted by Crippen LogP contribution is 2.22. The number of anilines is 1. The third-order valence-corrected chi connectivity index (χ3v) is 4.35. The van der Waals surface area contributed by atoms with Crippen LogP contribution in [-0.4, -0.2) is 16.6 Å². The molecule has 0 atom stereocenters. The molecule has 94 valence electrons. The molecule has 0 bridgehead atoms. The van der Waals surface area contributed by atoms with Crippen molar-refractivity contribution >= 4 is 34.7 Å². The Kier molecular flexibility index (Phi) is 4.78. The minimum Gasteiger partial charge on any atom is -0.326 e. The first kappa shape index (κ1) is 13.1. The predicted molar refractivity (Wildman–Crippen MR) is 77.3 cm³/mol. The summed E-state index contributed by atoms with van der Waals surface area (Å²) in [7, 11) is 0. The molecule has 0 spiro atoms. The summed E-state index contributed by atoms with van der Waals surface area (Å²) in [6.07, 6.45) is 0.498. The molecule has 18 heavy (non-hydrogen) atoms. The Morgan fingerprint density at radius 2 is 2.17 bits per heavy atom. The Hall–Kier alpha value is -1.33. The van der Waals surface area contributed by atoms with E-state index in [2.05, 4.69) is 10.3 Å². The van der Waals surface area contributed by atoms with Gasteiger partial charge in [0.05, 0.1) is 0 Å². The predicted octanol–water partition coefficient (Wildman–Crippen LogP) is 3.57. The molecule has 0 radical (unpaired) electrons. The number of nitrogens with zero attached hydrogens (tertiary/aromatic N) is 1. The van der Waals surface area contributed by atoms with Crippen molar-refractivity contribution in [3.8, 4) is 0 Å². The summed E-state index contributed by atoms with van der Waals surface area (Å²) in [5.41, 5.74) is 1.88. The SMILES string of the molecule is Cc1csc(SCCC(=O)Nc2ccccc2)n1. The molecular weight excluding hydrogens is 264 g/mol.